The van der Waals surface area contributed by atoms with Crippen LogP contribution in [0.2, 0.25) is 5.02 Å². The van der Waals surface area contributed by atoms with Gasteiger partial charge in [0.25, 0.3) is 0 Å². The maximum absolute atomic E-state index is 6.18. The molecule has 0 bridgehead atoms. The number of hydrogen-bond donors (Lipinski definition) is 1. The molecule has 2 rings (SSSR count). The lowest BCUT2D eigenvalue weighted by atomic mass is 9.86. The quantitative estimate of drug-likeness (QED) is 0.844. The Morgan fingerprint density at radius 1 is 1.15 bits per heavy atom. The number of benzene rings is 1. The number of para-hydroxylation sites is 1. The summed E-state index contributed by atoms with van der Waals surface area (Å²) in [5.74, 6) is 0.997. The zero-order valence-electron chi connectivity index (χ0n) is 13.0. The highest BCUT2D eigenvalue weighted by Crippen LogP contribution is 2.34. The zero-order chi connectivity index (χ0) is 15.0. The van der Waals surface area contributed by atoms with E-state index in [1.807, 2.05) is 18.2 Å². The molecule has 1 N–H and O–H groups in total. The molecule has 1 heterocycles. The first kappa shape index (κ1) is 15.4. The second kappa shape index (κ2) is 5.42. The van der Waals surface area contributed by atoms with E-state index < -0.39 is 0 Å². The van der Waals surface area contributed by atoms with Crippen LogP contribution in [-0.4, -0.2) is 12.1 Å². The normalized spacial score (nSPS) is 13.1. The molecule has 0 radical (unpaired) electrons. The molecule has 2 nitrogen and oxygen atoms in total. The summed E-state index contributed by atoms with van der Waals surface area (Å²) >= 11 is 6.18. The van der Waals surface area contributed by atoms with E-state index in [1.165, 1.54) is 0 Å². The number of furan rings is 1. The highest BCUT2D eigenvalue weighted by Gasteiger charge is 2.25. The minimum Gasteiger partial charge on any atom is -0.459 e. The number of halogens is 1. The van der Waals surface area contributed by atoms with Gasteiger partial charge in [0.15, 0.2) is 5.58 Å². The van der Waals surface area contributed by atoms with Gasteiger partial charge in [-0.05, 0) is 45.9 Å². The van der Waals surface area contributed by atoms with Gasteiger partial charge in [-0.3, -0.25) is 0 Å². The SMILES string of the molecule is CC(C)(C)NCCC(C)(C)c1cc2cccc(Cl)c2o1. The minimum absolute atomic E-state index is 0.0133. The first-order chi connectivity index (χ1) is 9.19. The van der Waals surface area contributed by atoms with E-state index >= 15 is 0 Å². The van der Waals surface area contributed by atoms with Gasteiger partial charge in [-0.15, -0.1) is 0 Å². The van der Waals surface area contributed by atoms with E-state index in [2.05, 4.69) is 46.0 Å². The Hall–Kier alpha value is -0.990. The van der Waals surface area contributed by atoms with Crippen molar-refractivity contribution in [3.8, 4) is 0 Å². The van der Waals surface area contributed by atoms with E-state index in [0.29, 0.717) is 5.02 Å². The van der Waals surface area contributed by atoms with E-state index in [4.69, 9.17) is 16.0 Å². The highest BCUT2D eigenvalue weighted by molar-refractivity contribution is 6.34. The molecular formula is C17H24ClNO. The van der Waals surface area contributed by atoms with Crippen molar-refractivity contribution in [3.63, 3.8) is 0 Å². The van der Waals surface area contributed by atoms with Crippen LogP contribution in [0.15, 0.2) is 28.7 Å². The van der Waals surface area contributed by atoms with Crippen molar-refractivity contribution in [3.05, 3.63) is 35.0 Å². The summed E-state index contributed by atoms with van der Waals surface area (Å²) in [4.78, 5) is 0. The molecule has 110 valence electrons. The maximum Gasteiger partial charge on any atom is 0.152 e. The predicted octanol–water partition coefficient (Wildman–Crippen LogP) is 5.14. The topological polar surface area (TPSA) is 25.2 Å². The van der Waals surface area contributed by atoms with Crippen molar-refractivity contribution in [1.82, 2.24) is 5.32 Å². The third kappa shape index (κ3) is 3.56. The van der Waals surface area contributed by atoms with Crippen LogP contribution in [0.4, 0.5) is 0 Å². The molecule has 0 spiro atoms. The van der Waals surface area contributed by atoms with Crippen LogP contribution in [-0.2, 0) is 5.41 Å². The van der Waals surface area contributed by atoms with Crippen LogP contribution in [0.25, 0.3) is 11.0 Å². The fraction of sp³-hybridized carbons (Fsp3) is 0.529. The van der Waals surface area contributed by atoms with Gasteiger partial charge in [-0.1, -0.05) is 37.6 Å². The predicted molar refractivity (Wildman–Crippen MR) is 86.6 cm³/mol. The van der Waals surface area contributed by atoms with Gasteiger partial charge in [0.1, 0.15) is 5.76 Å². The first-order valence-corrected chi connectivity index (χ1v) is 7.50. The molecule has 0 saturated carbocycles. The fourth-order valence-corrected chi connectivity index (χ4v) is 2.45. The number of fused-ring (bicyclic) bond motifs is 1. The van der Waals surface area contributed by atoms with Crippen LogP contribution in [0, 0.1) is 0 Å². The summed E-state index contributed by atoms with van der Waals surface area (Å²) in [7, 11) is 0. The van der Waals surface area contributed by atoms with Crippen molar-refractivity contribution in [2.75, 3.05) is 6.54 Å². The third-order valence-corrected chi connectivity index (χ3v) is 3.87. The Labute approximate surface area is 126 Å². The molecule has 0 aliphatic carbocycles. The number of hydrogen-bond acceptors (Lipinski definition) is 2. The van der Waals surface area contributed by atoms with Crippen LogP contribution in [0.3, 0.4) is 0 Å². The molecular weight excluding hydrogens is 270 g/mol. The van der Waals surface area contributed by atoms with Gasteiger partial charge < -0.3 is 9.73 Å². The van der Waals surface area contributed by atoms with Crippen molar-refractivity contribution in [1.29, 1.82) is 0 Å². The fourth-order valence-electron chi connectivity index (χ4n) is 2.23. The van der Waals surface area contributed by atoms with Crippen molar-refractivity contribution in [2.45, 2.75) is 52.0 Å². The van der Waals surface area contributed by atoms with E-state index in [-0.39, 0.29) is 11.0 Å². The van der Waals surface area contributed by atoms with Gasteiger partial charge >= 0.3 is 0 Å². The summed E-state index contributed by atoms with van der Waals surface area (Å²) < 4.78 is 5.99. The summed E-state index contributed by atoms with van der Waals surface area (Å²) in [6.07, 6.45) is 1.02. The number of nitrogens with one attached hydrogen (secondary N) is 1. The molecule has 20 heavy (non-hydrogen) atoms. The number of rotatable bonds is 4. The van der Waals surface area contributed by atoms with Gasteiger partial charge in [0.05, 0.1) is 5.02 Å². The Kier molecular flexibility index (Phi) is 4.17. The molecule has 0 aliphatic rings. The van der Waals surface area contributed by atoms with Crippen LogP contribution < -0.4 is 5.32 Å². The lowest BCUT2D eigenvalue weighted by Gasteiger charge is -2.26. The van der Waals surface area contributed by atoms with Crippen molar-refractivity contribution < 1.29 is 4.42 Å². The second-order valence-corrected chi connectivity index (χ2v) is 7.49. The molecule has 0 unspecified atom stereocenters. The average Bonchev–Trinajstić information content (AvgIpc) is 2.73. The summed E-state index contributed by atoms with van der Waals surface area (Å²) in [6, 6.07) is 7.97. The van der Waals surface area contributed by atoms with Crippen LogP contribution in [0.5, 0.6) is 0 Å². The van der Waals surface area contributed by atoms with Gasteiger partial charge in [0.2, 0.25) is 0 Å². The van der Waals surface area contributed by atoms with E-state index in [1.54, 1.807) is 0 Å². The smallest absolute Gasteiger partial charge is 0.152 e. The van der Waals surface area contributed by atoms with E-state index in [0.717, 1.165) is 29.7 Å². The molecule has 3 heteroatoms. The van der Waals surface area contributed by atoms with E-state index in [9.17, 15) is 0 Å². The van der Waals surface area contributed by atoms with Gasteiger partial charge in [-0.2, -0.15) is 0 Å². The Balaban J connectivity index is 2.17. The maximum atomic E-state index is 6.18. The zero-order valence-corrected chi connectivity index (χ0v) is 13.8. The summed E-state index contributed by atoms with van der Waals surface area (Å²) in [5.41, 5.74) is 0.925. The summed E-state index contributed by atoms with van der Waals surface area (Å²) in [6.45, 7) is 11.9. The Morgan fingerprint density at radius 2 is 1.85 bits per heavy atom. The minimum atomic E-state index is -0.0133. The monoisotopic (exact) mass is 293 g/mol. The molecule has 0 atom stereocenters. The first-order valence-electron chi connectivity index (χ1n) is 7.13. The van der Waals surface area contributed by atoms with Crippen molar-refractivity contribution in [2.24, 2.45) is 0 Å². The van der Waals surface area contributed by atoms with Gasteiger partial charge in [0, 0.05) is 16.3 Å². The van der Waals surface area contributed by atoms with Gasteiger partial charge in [-0.25, -0.2) is 0 Å². The standard InChI is InChI=1S/C17H24ClNO/c1-16(2,3)19-10-9-17(4,5)14-11-12-7-6-8-13(18)15(12)20-14/h6-8,11,19H,9-10H2,1-5H3. The van der Waals surface area contributed by atoms with Crippen LogP contribution >= 0.6 is 11.6 Å². The summed E-state index contributed by atoms with van der Waals surface area (Å²) in [5, 5.41) is 5.28. The lowest BCUT2D eigenvalue weighted by Crippen LogP contribution is -2.38. The lowest BCUT2D eigenvalue weighted by molar-refractivity contribution is 0.341. The molecule has 0 amide bonds. The molecule has 0 aliphatic heterocycles. The molecule has 1 aromatic heterocycles. The average molecular weight is 294 g/mol. The molecule has 1 aromatic carbocycles. The molecule has 0 saturated heterocycles. The third-order valence-electron chi connectivity index (χ3n) is 3.57. The highest BCUT2D eigenvalue weighted by atomic mass is 35.5. The largest absolute Gasteiger partial charge is 0.459 e. The Morgan fingerprint density at radius 3 is 2.45 bits per heavy atom. The van der Waals surface area contributed by atoms with Crippen LogP contribution in [0.1, 0.15) is 46.8 Å². The molecule has 0 fully saturated rings. The Bertz CT molecular complexity index is 593. The van der Waals surface area contributed by atoms with Crippen molar-refractivity contribution >= 4 is 22.6 Å². The molecule has 2 aromatic rings. The second-order valence-electron chi connectivity index (χ2n) is 7.08.